The SMILES string of the molecule is CCCC(=O)C(N)CSCC1C(C)CCCC1CC. The van der Waals surface area contributed by atoms with Crippen molar-refractivity contribution in [1.29, 1.82) is 0 Å². The molecule has 0 aliphatic heterocycles. The van der Waals surface area contributed by atoms with Crippen LogP contribution in [-0.4, -0.2) is 23.3 Å². The van der Waals surface area contributed by atoms with Crippen molar-refractivity contribution in [1.82, 2.24) is 0 Å². The highest BCUT2D eigenvalue weighted by Gasteiger charge is 2.29. The van der Waals surface area contributed by atoms with Gasteiger partial charge in [0.2, 0.25) is 0 Å². The predicted octanol–water partition coefficient (Wildman–Crippen LogP) is 3.88. The second-order valence-electron chi connectivity index (χ2n) is 6.10. The molecule has 2 N–H and O–H groups in total. The Balaban J connectivity index is 2.32. The van der Waals surface area contributed by atoms with Crippen LogP contribution in [0.25, 0.3) is 0 Å². The minimum absolute atomic E-state index is 0.235. The average molecular weight is 285 g/mol. The zero-order chi connectivity index (χ0) is 14.3. The topological polar surface area (TPSA) is 43.1 Å². The van der Waals surface area contributed by atoms with E-state index in [1.807, 2.05) is 18.7 Å². The van der Waals surface area contributed by atoms with Crippen molar-refractivity contribution in [2.24, 2.45) is 23.5 Å². The summed E-state index contributed by atoms with van der Waals surface area (Å²) in [5.74, 6) is 4.79. The van der Waals surface area contributed by atoms with Crippen molar-refractivity contribution < 1.29 is 4.79 Å². The van der Waals surface area contributed by atoms with E-state index in [2.05, 4.69) is 13.8 Å². The lowest BCUT2D eigenvalue weighted by atomic mass is 9.73. The molecular weight excluding hydrogens is 254 g/mol. The quantitative estimate of drug-likeness (QED) is 0.736. The molecule has 0 aromatic carbocycles. The van der Waals surface area contributed by atoms with E-state index in [1.54, 1.807) is 0 Å². The van der Waals surface area contributed by atoms with Crippen LogP contribution in [0.15, 0.2) is 0 Å². The van der Waals surface area contributed by atoms with Crippen molar-refractivity contribution in [3.05, 3.63) is 0 Å². The van der Waals surface area contributed by atoms with E-state index in [1.165, 1.54) is 31.4 Å². The van der Waals surface area contributed by atoms with Gasteiger partial charge in [0.25, 0.3) is 0 Å². The summed E-state index contributed by atoms with van der Waals surface area (Å²) in [6, 6.07) is -0.246. The van der Waals surface area contributed by atoms with Crippen LogP contribution in [0.2, 0.25) is 0 Å². The van der Waals surface area contributed by atoms with Gasteiger partial charge in [-0.05, 0) is 29.9 Å². The summed E-state index contributed by atoms with van der Waals surface area (Å²) in [6.07, 6.45) is 7.02. The normalized spacial score (nSPS) is 29.2. The molecule has 0 bridgehead atoms. The third-order valence-electron chi connectivity index (χ3n) is 4.61. The molecule has 19 heavy (non-hydrogen) atoms. The second kappa shape index (κ2) is 9.02. The Bertz CT molecular complexity index is 269. The lowest BCUT2D eigenvalue weighted by molar-refractivity contribution is -0.119. The van der Waals surface area contributed by atoms with E-state index in [9.17, 15) is 4.79 Å². The molecule has 1 aliphatic carbocycles. The Labute approximate surface area is 123 Å². The van der Waals surface area contributed by atoms with E-state index in [4.69, 9.17) is 5.73 Å². The highest BCUT2D eigenvalue weighted by molar-refractivity contribution is 7.99. The van der Waals surface area contributed by atoms with Crippen LogP contribution in [0.3, 0.4) is 0 Å². The average Bonchev–Trinajstić information content (AvgIpc) is 2.40. The fraction of sp³-hybridized carbons (Fsp3) is 0.938. The standard InChI is InChI=1S/C16H31NOS/c1-4-7-16(18)15(17)11-19-10-14-12(3)8-6-9-13(14)5-2/h12-15H,4-11,17H2,1-3H3. The molecule has 0 amide bonds. The molecule has 3 heteroatoms. The third kappa shape index (κ3) is 5.47. The van der Waals surface area contributed by atoms with Crippen LogP contribution in [0, 0.1) is 17.8 Å². The van der Waals surface area contributed by atoms with Gasteiger partial charge in [0.15, 0.2) is 0 Å². The first-order chi connectivity index (χ1) is 9.10. The number of carbonyl (C=O) groups excluding carboxylic acids is 1. The highest BCUT2D eigenvalue weighted by atomic mass is 32.2. The molecule has 0 saturated heterocycles. The van der Waals surface area contributed by atoms with Gasteiger partial charge in [0.1, 0.15) is 5.78 Å². The molecule has 1 aliphatic rings. The largest absolute Gasteiger partial charge is 0.321 e. The van der Waals surface area contributed by atoms with Gasteiger partial charge in [0, 0.05) is 12.2 Å². The van der Waals surface area contributed by atoms with Gasteiger partial charge >= 0.3 is 0 Å². The van der Waals surface area contributed by atoms with Gasteiger partial charge in [-0.2, -0.15) is 11.8 Å². The summed E-state index contributed by atoms with van der Waals surface area (Å²) < 4.78 is 0. The molecule has 1 rings (SSSR count). The highest BCUT2D eigenvalue weighted by Crippen LogP contribution is 2.38. The van der Waals surface area contributed by atoms with Gasteiger partial charge in [-0.15, -0.1) is 0 Å². The molecule has 1 saturated carbocycles. The van der Waals surface area contributed by atoms with Crippen LogP contribution < -0.4 is 5.73 Å². The second-order valence-corrected chi connectivity index (χ2v) is 7.18. The van der Waals surface area contributed by atoms with Gasteiger partial charge in [-0.25, -0.2) is 0 Å². The first kappa shape index (κ1) is 17.0. The summed E-state index contributed by atoms with van der Waals surface area (Å²) in [4.78, 5) is 11.7. The first-order valence-corrected chi connectivity index (χ1v) is 9.11. The van der Waals surface area contributed by atoms with Crippen molar-refractivity contribution >= 4 is 17.5 Å². The molecule has 2 nitrogen and oxygen atoms in total. The predicted molar refractivity (Wildman–Crippen MR) is 85.5 cm³/mol. The van der Waals surface area contributed by atoms with Crippen molar-refractivity contribution in [2.75, 3.05) is 11.5 Å². The Kier molecular flexibility index (Phi) is 8.08. The maximum absolute atomic E-state index is 11.7. The van der Waals surface area contributed by atoms with Gasteiger partial charge in [-0.3, -0.25) is 4.79 Å². The maximum Gasteiger partial charge on any atom is 0.150 e. The van der Waals surface area contributed by atoms with E-state index in [-0.39, 0.29) is 11.8 Å². The van der Waals surface area contributed by atoms with Gasteiger partial charge in [-0.1, -0.05) is 46.5 Å². The smallest absolute Gasteiger partial charge is 0.150 e. The maximum atomic E-state index is 11.7. The number of hydrogen-bond donors (Lipinski definition) is 1. The van der Waals surface area contributed by atoms with E-state index in [0.717, 1.165) is 29.9 Å². The molecule has 0 heterocycles. The molecule has 4 unspecified atom stereocenters. The van der Waals surface area contributed by atoms with Crippen LogP contribution in [0.4, 0.5) is 0 Å². The number of hydrogen-bond acceptors (Lipinski definition) is 3. The number of Topliss-reactive ketones (excluding diaryl/α,β-unsaturated/α-hetero) is 1. The van der Waals surface area contributed by atoms with Crippen LogP contribution in [0.5, 0.6) is 0 Å². The first-order valence-electron chi connectivity index (χ1n) is 7.96. The molecular formula is C16H31NOS. The lowest BCUT2D eigenvalue weighted by Gasteiger charge is -2.36. The molecule has 4 atom stereocenters. The lowest BCUT2D eigenvalue weighted by Crippen LogP contribution is -2.34. The number of thioether (sulfide) groups is 1. The third-order valence-corrected chi connectivity index (χ3v) is 5.83. The fourth-order valence-corrected chi connectivity index (χ4v) is 4.71. The fourth-order valence-electron chi connectivity index (χ4n) is 3.26. The molecule has 112 valence electrons. The van der Waals surface area contributed by atoms with E-state index < -0.39 is 0 Å². The zero-order valence-corrected chi connectivity index (χ0v) is 13.7. The minimum atomic E-state index is -0.246. The Morgan fingerprint density at radius 2 is 2.11 bits per heavy atom. The number of rotatable bonds is 8. The van der Waals surface area contributed by atoms with Crippen LogP contribution >= 0.6 is 11.8 Å². The monoisotopic (exact) mass is 285 g/mol. The van der Waals surface area contributed by atoms with Crippen LogP contribution in [0.1, 0.15) is 59.3 Å². The van der Waals surface area contributed by atoms with Crippen molar-refractivity contribution in [3.8, 4) is 0 Å². The van der Waals surface area contributed by atoms with Gasteiger partial charge < -0.3 is 5.73 Å². The van der Waals surface area contributed by atoms with Crippen molar-refractivity contribution in [3.63, 3.8) is 0 Å². The molecule has 0 radical (unpaired) electrons. The summed E-state index contributed by atoms with van der Waals surface area (Å²) >= 11 is 1.90. The number of nitrogens with two attached hydrogens (primary N) is 1. The minimum Gasteiger partial charge on any atom is -0.321 e. The number of carbonyl (C=O) groups is 1. The Morgan fingerprint density at radius 1 is 1.37 bits per heavy atom. The van der Waals surface area contributed by atoms with E-state index >= 15 is 0 Å². The summed E-state index contributed by atoms with van der Waals surface area (Å²) in [5.41, 5.74) is 5.95. The van der Waals surface area contributed by atoms with Crippen LogP contribution in [-0.2, 0) is 4.79 Å². The summed E-state index contributed by atoms with van der Waals surface area (Å²) in [7, 11) is 0. The molecule has 1 fully saturated rings. The van der Waals surface area contributed by atoms with Crippen molar-refractivity contribution in [2.45, 2.75) is 65.3 Å². The van der Waals surface area contributed by atoms with E-state index in [0.29, 0.717) is 6.42 Å². The summed E-state index contributed by atoms with van der Waals surface area (Å²) in [5, 5.41) is 0. The van der Waals surface area contributed by atoms with Gasteiger partial charge in [0.05, 0.1) is 6.04 Å². The molecule has 0 aromatic rings. The molecule has 0 spiro atoms. The Hall–Kier alpha value is -0.0200. The number of ketones is 1. The molecule has 0 aromatic heterocycles. The summed E-state index contributed by atoms with van der Waals surface area (Å²) in [6.45, 7) is 6.75. The Morgan fingerprint density at radius 3 is 2.74 bits per heavy atom. The zero-order valence-electron chi connectivity index (χ0n) is 12.9.